The zero-order chi connectivity index (χ0) is 19.5. The maximum Gasteiger partial charge on any atom is 0.196 e. The number of halogens is 3. The molecular formula is C21H14ClF2N3S. The summed E-state index contributed by atoms with van der Waals surface area (Å²) in [5.74, 6) is 0.401. The summed E-state index contributed by atoms with van der Waals surface area (Å²) in [6.07, 6.45) is 0. The van der Waals surface area contributed by atoms with E-state index in [4.69, 9.17) is 11.6 Å². The molecule has 7 heteroatoms. The van der Waals surface area contributed by atoms with Crippen LogP contribution in [0.5, 0.6) is 0 Å². The van der Waals surface area contributed by atoms with Gasteiger partial charge in [-0.15, -0.1) is 10.2 Å². The van der Waals surface area contributed by atoms with Gasteiger partial charge in [0.15, 0.2) is 11.0 Å². The lowest BCUT2D eigenvalue weighted by molar-refractivity contribution is 0.617. The highest BCUT2D eigenvalue weighted by Gasteiger charge is 2.17. The monoisotopic (exact) mass is 413 g/mol. The summed E-state index contributed by atoms with van der Waals surface area (Å²) in [5.41, 5.74) is 2.11. The Bertz CT molecular complexity index is 1100. The second-order valence-corrected chi connectivity index (χ2v) is 7.38. The molecule has 0 atom stereocenters. The van der Waals surface area contributed by atoms with Crippen LogP contribution in [-0.4, -0.2) is 14.8 Å². The molecule has 0 radical (unpaired) electrons. The first-order valence-corrected chi connectivity index (χ1v) is 9.81. The minimum Gasteiger partial charge on any atom is -0.270 e. The van der Waals surface area contributed by atoms with Gasteiger partial charge in [0.05, 0.1) is 0 Å². The van der Waals surface area contributed by atoms with Gasteiger partial charge in [0, 0.05) is 22.0 Å². The van der Waals surface area contributed by atoms with Crippen molar-refractivity contribution in [3.8, 4) is 17.1 Å². The average Bonchev–Trinajstić information content (AvgIpc) is 3.12. The van der Waals surface area contributed by atoms with Crippen molar-refractivity contribution in [3.05, 3.63) is 95.0 Å². The van der Waals surface area contributed by atoms with Crippen molar-refractivity contribution in [2.45, 2.75) is 10.9 Å². The highest BCUT2D eigenvalue weighted by Crippen LogP contribution is 2.30. The van der Waals surface area contributed by atoms with E-state index < -0.39 is 0 Å². The Labute approximate surface area is 170 Å². The normalized spacial score (nSPS) is 11.0. The zero-order valence-corrected chi connectivity index (χ0v) is 16.1. The molecule has 0 bridgehead atoms. The van der Waals surface area contributed by atoms with Gasteiger partial charge in [-0.2, -0.15) is 0 Å². The third-order valence-corrected chi connectivity index (χ3v) is 5.36. The lowest BCUT2D eigenvalue weighted by Crippen LogP contribution is -2.00. The molecule has 1 heterocycles. The Morgan fingerprint density at radius 2 is 1.57 bits per heavy atom. The maximum atomic E-state index is 14.0. The van der Waals surface area contributed by atoms with Gasteiger partial charge >= 0.3 is 0 Å². The molecule has 1 aromatic heterocycles. The average molecular weight is 414 g/mol. The second kappa shape index (κ2) is 8.12. The summed E-state index contributed by atoms with van der Waals surface area (Å²) in [5, 5.41) is 9.80. The summed E-state index contributed by atoms with van der Waals surface area (Å²) < 4.78 is 29.2. The Hall–Kier alpha value is -2.70. The third-order valence-electron chi connectivity index (χ3n) is 4.14. The van der Waals surface area contributed by atoms with Crippen LogP contribution in [0.25, 0.3) is 17.1 Å². The van der Waals surface area contributed by atoms with Crippen LogP contribution in [0, 0.1) is 11.6 Å². The Balaban J connectivity index is 1.74. The molecule has 3 nitrogen and oxygen atoms in total. The minimum atomic E-state index is -0.328. The third kappa shape index (κ3) is 3.93. The zero-order valence-electron chi connectivity index (χ0n) is 14.5. The highest BCUT2D eigenvalue weighted by atomic mass is 35.5. The van der Waals surface area contributed by atoms with Crippen molar-refractivity contribution in [1.29, 1.82) is 0 Å². The summed E-state index contributed by atoms with van der Waals surface area (Å²) in [6, 6.07) is 19.9. The first-order chi connectivity index (χ1) is 13.6. The van der Waals surface area contributed by atoms with Gasteiger partial charge in [-0.25, -0.2) is 8.78 Å². The number of nitrogens with zero attached hydrogens (tertiary/aromatic N) is 3. The molecule has 3 aromatic carbocycles. The number of benzene rings is 3. The first-order valence-electron chi connectivity index (χ1n) is 8.45. The molecule has 0 spiro atoms. The Morgan fingerprint density at radius 3 is 2.29 bits per heavy atom. The predicted octanol–water partition coefficient (Wildman–Crippen LogP) is 6.16. The predicted molar refractivity (Wildman–Crippen MR) is 108 cm³/mol. The summed E-state index contributed by atoms with van der Waals surface area (Å²) >= 11 is 7.35. The van der Waals surface area contributed by atoms with Crippen molar-refractivity contribution in [2.24, 2.45) is 0 Å². The lowest BCUT2D eigenvalue weighted by atomic mass is 10.2. The number of hydrogen-bond donors (Lipinski definition) is 0. The molecule has 4 rings (SSSR count). The fourth-order valence-electron chi connectivity index (χ4n) is 2.73. The van der Waals surface area contributed by atoms with E-state index in [-0.39, 0.29) is 11.6 Å². The highest BCUT2D eigenvalue weighted by molar-refractivity contribution is 7.98. The molecule has 140 valence electrons. The van der Waals surface area contributed by atoms with Crippen LogP contribution in [0.15, 0.2) is 78.0 Å². The van der Waals surface area contributed by atoms with E-state index in [2.05, 4.69) is 10.2 Å². The van der Waals surface area contributed by atoms with Crippen LogP contribution in [0.4, 0.5) is 8.78 Å². The topological polar surface area (TPSA) is 30.7 Å². The van der Waals surface area contributed by atoms with Crippen molar-refractivity contribution >= 4 is 23.4 Å². The fourth-order valence-corrected chi connectivity index (χ4v) is 3.79. The SMILES string of the molecule is Fc1ccc(-n2c(SCc3ccccc3F)nnc2-c2ccc(Cl)cc2)cc1. The van der Waals surface area contributed by atoms with Gasteiger partial charge in [-0.1, -0.05) is 41.6 Å². The molecule has 0 unspecified atom stereocenters. The smallest absolute Gasteiger partial charge is 0.196 e. The van der Waals surface area contributed by atoms with Gasteiger partial charge in [0.1, 0.15) is 11.6 Å². The number of hydrogen-bond acceptors (Lipinski definition) is 3. The Kier molecular flexibility index (Phi) is 5.41. The molecule has 0 aliphatic rings. The summed E-state index contributed by atoms with van der Waals surface area (Å²) in [6.45, 7) is 0. The fraction of sp³-hybridized carbons (Fsp3) is 0.0476. The molecule has 0 aliphatic carbocycles. The van der Waals surface area contributed by atoms with Crippen molar-refractivity contribution in [2.75, 3.05) is 0 Å². The van der Waals surface area contributed by atoms with Crippen LogP contribution >= 0.6 is 23.4 Å². The largest absolute Gasteiger partial charge is 0.270 e. The molecule has 0 amide bonds. The molecule has 0 N–H and O–H groups in total. The molecule has 0 fully saturated rings. The minimum absolute atomic E-state index is 0.263. The first kappa shape index (κ1) is 18.7. The molecule has 28 heavy (non-hydrogen) atoms. The van der Waals surface area contributed by atoms with E-state index in [0.717, 1.165) is 5.56 Å². The van der Waals surface area contributed by atoms with Crippen molar-refractivity contribution < 1.29 is 8.78 Å². The van der Waals surface area contributed by atoms with Gasteiger partial charge < -0.3 is 0 Å². The quantitative estimate of drug-likeness (QED) is 0.367. The number of aromatic nitrogens is 3. The molecule has 0 saturated heterocycles. The summed E-state index contributed by atoms with van der Waals surface area (Å²) in [7, 11) is 0. The maximum absolute atomic E-state index is 14.0. The van der Waals surface area contributed by atoms with Crippen LogP contribution in [-0.2, 0) is 5.75 Å². The van der Waals surface area contributed by atoms with Crippen LogP contribution in [0.1, 0.15) is 5.56 Å². The standard InChI is InChI=1S/C21H14ClF2N3S/c22-16-7-5-14(6-8-16)20-25-26-21(27(20)18-11-9-17(23)10-12-18)28-13-15-3-1-2-4-19(15)24/h1-12H,13H2. The summed E-state index contributed by atoms with van der Waals surface area (Å²) in [4.78, 5) is 0. The van der Waals surface area contributed by atoms with E-state index in [1.165, 1.54) is 30.0 Å². The lowest BCUT2D eigenvalue weighted by Gasteiger charge is -2.11. The van der Waals surface area contributed by atoms with Crippen molar-refractivity contribution in [3.63, 3.8) is 0 Å². The van der Waals surface area contributed by atoms with Crippen LogP contribution < -0.4 is 0 Å². The van der Waals surface area contributed by atoms with Crippen LogP contribution in [0.3, 0.4) is 0 Å². The molecular weight excluding hydrogens is 400 g/mol. The van der Waals surface area contributed by atoms with E-state index in [0.29, 0.717) is 33.0 Å². The van der Waals surface area contributed by atoms with E-state index >= 15 is 0 Å². The Morgan fingerprint density at radius 1 is 0.857 bits per heavy atom. The van der Waals surface area contributed by atoms with E-state index in [1.807, 2.05) is 16.7 Å². The second-order valence-electron chi connectivity index (χ2n) is 6.00. The van der Waals surface area contributed by atoms with Gasteiger partial charge in [-0.3, -0.25) is 4.57 Å². The van der Waals surface area contributed by atoms with E-state index in [1.54, 1.807) is 42.5 Å². The van der Waals surface area contributed by atoms with Gasteiger partial charge in [0.25, 0.3) is 0 Å². The number of thioether (sulfide) groups is 1. The number of rotatable bonds is 5. The van der Waals surface area contributed by atoms with Gasteiger partial charge in [0.2, 0.25) is 0 Å². The van der Waals surface area contributed by atoms with E-state index in [9.17, 15) is 8.78 Å². The van der Waals surface area contributed by atoms with Gasteiger partial charge in [-0.05, 0) is 60.2 Å². The van der Waals surface area contributed by atoms with Crippen LogP contribution in [0.2, 0.25) is 5.02 Å². The van der Waals surface area contributed by atoms with Crippen molar-refractivity contribution in [1.82, 2.24) is 14.8 Å². The molecule has 0 saturated carbocycles. The molecule has 4 aromatic rings. The molecule has 0 aliphatic heterocycles.